The number of hydrazine groups is 1. The number of hydrogen-bond donors (Lipinski definition) is 3. The molecule has 0 atom stereocenters. The fourth-order valence-electron chi connectivity index (χ4n) is 1.20. The van der Waals surface area contributed by atoms with Crippen LogP contribution in [0.5, 0.6) is 0 Å². The van der Waals surface area contributed by atoms with Gasteiger partial charge < -0.3 is 5.32 Å². The van der Waals surface area contributed by atoms with Crippen LogP contribution in [0.2, 0.25) is 0 Å². The largest absolute Gasteiger partial charge is 0.355 e. The highest BCUT2D eigenvalue weighted by atomic mass is 19.2. The molecule has 0 bridgehead atoms. The smallest absolute Gasteiger partial charge is 0.206 e. The van der Waals surface area contributed by atoms with Gasteiger partial charge >= 0.3 is 0 Å². The first-order valence-corrected chi connectivity index (χ1v) is 5.36. The lowest BCUT2D eigenvalue weighted by atomic mass is 10.2. The Morgan fingerprint density at radius 3 is 2.71 bits per heavy atom. The molecule has 1 aromatic carbocycles. The van der Waals surface area contributed by atoms with Crippen molar-refractivity contribution in [3.63, 3.8) is 0 Å². The number of nitrogens with two attached hydrogens (primary N) is 1. The van der Waals surface area contributed by atoms with Crippen molar-refractivity contribution >= 4 is 5.96 Å². The van der Waals surface area contributed by atoms with Gasteiger partial charge in [0.25, 0.3) is 0 Å². The summed E-state index contributed by atoms with van der Waals surface area (Å²) in [5.74, 6) is 3.95. The van der Waals surface area contributed by atoms with E-state index >= 15 is 0 Å². The number of aliphatic imine (C=N–C) groups is 1. The average molecular weight is 242 g/mol. The molecule has 0 spiro atoms. The van der Waals surface area contributed by atoms with E-state index in [0.29, 0.717) is 11.5 Å². The molecule has 1 rings (SSSR count). The highest BCUT2D eigenvalue weighted by molar-refractivity contribution is 5.79. The zero-order valence-corrected chi connectivity index (χ0v) is 9.63. The molecule has 0 radical (unpaired) electrons. The Morgan fingerprint density at radius 1 is 1.35 bits per heavy atom. The first-order valence-electron chi connectivity index (χ1n) is 5.36. The van der Waals surface area contributed by atoms with Crippen molar-refractivity contribution in [3.8, 4) is 0 Å². The van der Waals surface area contributed by atoms with Crippen LogP contribution in [0.15, 0.2) is 23.2 Å². The summed E-state index contributed by atoms with van der Waals surface area (Å²) in [6.07, 6.45) is 0.936. The molecule has 17 heavy (non-hydrogen) atoms. The minimum atomic E-state index is -0.874. The fraction of sp³-hybridized carbons (Fsp3) is 0.364. The van der Waals surface area contributed by atoms with Crippen LogP contribution in [-0.4, -0.2) is 12.5 Å². The highest BCUT2D eigenvalue weighted by Gasteiger charge is 2.02. The molecule has 0 fully saturated rings. The number of hydrogen-bond acceptors (Lipinski definition) is 2. The highest BCUT2D eigenvalue weighted by Crippen LogP contribution is 2.09. The maximum absolute atomic E-state index is 12.9. The Bertz CT molecular complexity index is 393. The zero-order chi connectivity index (χ0) is 12.7. The van der Waals surface area contributed by atoms with Crippen LogP contribution in [0, 0.1) is 11.6 Å². The van der Waals surface area contributed by atoms with Gasteiger partial charge in [-0.3, -0.25) is 5.43 Å². The number of rotatable bonds is 4. The predicted octanol–water partition coefficient (Wildman–Crippen LogP) is 1.28. The third-order valence-corrected chi connectivity index (χ3v) is 2.08. The summed E-state index contributed by atoms with van der Waals surface area (Å²) in [6.45, 7) is 2.98. The number of halogens is 2. The fourth-order valence-corrected chi connectivity index (χ4v) is 1.20. The van der Waals surface area contributed by atoms with Gasteiger partial charge in [-0.2, -0.15) is 0 Å². The third kappa shape index (κ3) is 4.36. The van der Waals surface area contributed by atoms with Gasteiger partial charge in [0, 0.05) is 6.54 Å². The third-order valence-electron chi connectivity index (χ3n) is 2.08. The first kappa shape index (κ1) is 13.4. The van der Waals surface area contributed by atoms with E-state index in [1.54, 1.807) is 0 Å². The van der Waals surface area contributed by atoms with Gasteiger partial charge in [-0.15, -0.1) is 0 Å². The molecule has 0 saturated carbocycles. The molecule has 4 nitrogen and oxygen atoms in total. The molecule has 0 aromatic heterocycles. The van der Waals surface area contributed by atoms with Gasteiger partial charge in [0.05, 0.1) is 6.54 Å². The summed E-state index contributed by atoms with van der Waals surface area (Å²) < 4.78 is 25.6. The van der Waals surface area contributed by atoms with Crippen molar-refractivity contribution in [2.24, 2.45) is 10.8 Å². The normalized spacial score (nSPS) is 11.4. The van der Waals surface area contributed by atoms with Crippen molar-refractivity contribution in [3.05, 3.63) is 35.4 Å². The molecule has 0 amide bonds. The van der Waals surface area contributed by atoms with E-state index in [9.17, 15) is 8.78 Å². The van der Waals surface area contributed by atoms with E-state index in [1.165, 1.54) is 6.07 Å². The van der Waals surface area contributed by atoms with E-state index in [2.05, 4.69) is 15.7 Å². The Kier molecular flexibility index (Phi) is 5.35. The van der Waals surface area contributed by atoms with Crippen LogP contribution < -0.4 is 16.6 Å². The summed E-state index contributed by atoms with van der Waals surface area (Å²) in [6, 6.07) is 3.68. The van der Waals surface area contributed by atoms with Gasteiger partial charge in [0.15, 0.2) is 11.6 Å². The predicted molar refractivity (Wildman–Crippen MR) is 63.1 cm³/mol. The van der Waals surface area contributed by atoms with Crippen molar-refractivity contribution in [2.75, 3.05) is 6.54 Å². The number of benzene rings is 1. The molecular weight excluding hydrogens is 226 g/mol. The van der Waals surface area contributed by atoms with Gasteiger partial charge in [-0.1, -0.05) is 13.0 Å². The maximum atomic E-state index is 12.9. The summed E-state index contributed by atoms with van der Waals surface area (Å²) in [4.78, 5) is 4.10. The second-order valence-electron chi connectivity index (χ2n) is 3.48. The van der Waals surface area contributed by atoms with Crippen molar-refractivity contribution in [1.29, 1.82) is 0 Å². The Balaban J connectivity index is 2.63. The van der Waals surface area contributed by atoms with Crippen molar-refractivity contribution in [2.45, 2.75) is 19.9 Å². The lowest BCUT2D eigenvalue weighted by Crippen LogP contribution is -2.41. The SMILES string of the molecule is CCCNC(=NCc1ccc(F)c(F)c1)NN. The van der Waals surface area contributed by atoms with Crippen LogP contribution in [0.25, 0.3) is 0 Å². The summed E-state index contributed by atoms with van der Waals surface area (Å²) in [5.41, 5.74) is 2.98. The standard InChI is InChI=1S/C11H16F2N4/c1-2-5-15-11(17-14)16-7-8-3-4-9(12)10(13)6-8/h3-4,6H,2,5,7,14H2,1H3,(H2,15,16,17). The summed E-state index contributed by atoms with van der Waals surface area (Å²) in [5, 5.41) is 2.96. The molecule has 0 heterocycles. The van der Waals surface area contributed by atoms with E-state index in [1.807, 2.05) is 6.92 Å². The van der Waals surface area contributed by atoms with E-state index in [4.69, 9.17) is 5.84 Å². The number of guanidine groups is 1. The van der Waals surface area contributed by atoms with E-state index < -0.39 is 11.6 Å². The number of nitrogens with one attached hydrogen (secondary N) is 2. The monoisotopic (exact) mass is 242 g/mol. The summed E-state index contributed by atoms with van der Waals surface area (Å²) >= 11 is 0. The molecular formula is C11H16F2N4. The van der Waals surface area contributed by atoms with Gasteiger partial charge in [0.1, 0.15) is 0 Å². The minimum Gasteiger partial charge on any atom is -0.355 e. The molecule has 0 aliphatic heterocycles. The lowest BCUT2D eigenvalue weighted by Gasteiger charge is -2.07. The van der Waals surface area contributed by atoms with Crippen LogP contribution in [0.4, 0.5) is 8.78 Å². The molecule has 0 aliphatic rings. The van der Waals surface area contributed by atoms with Gasteiger partial charge in [-0.25, -0.2) is 19.6 Å². The van der Waals surface area contributed by atoms with Crippen LogP contribution in [0.1, 0.15) is 18.9 Å². The summed E-state index contributed by atoms with van der Waals surface area (Å²) in [7, 11) is 0. The molecule has 94 valence electrons. The second kappa shape index (κ2) is 6.80. The molecule has 0 aliphatic carbocycles. The molecule has 6 heteroatoms. The molecule has 4 N–H and O–H groups in total. The van der Waals surface area contributed by atoms with Crippen molar-refractivity contribution in [1.82, 2.24) is 10.7 Å². The molecule has 1 aromatic rings. The van der Waals surface area contributed by atoms with E-state index in [-0.39, 0.29) is 6.54 Å². The topological polar surface area (TPSA) is 62.4 Å². The molecule has 0 saturated heterocycles. The van der Waals surface area contributed by atoms with E-state index in [0.717, 1.165) is 25.1 Å². The second-order valence-corrected chi connectivity index (χ2v) is 3.48. The minimum absolute atomic E-state index is 0.230. The quantitative estimate of drug-likeness (QED) is 0.322. The van der Waals surface area contributed by atoms with Crippen molar-refractivity contribution < 1.29 is 8.78 Å². The number of nitrogens with zero attached hydrogens (tertiary/aromatic N) is 1. The van der Waals surface area contributed by atoms with Crippen LogP contribution in [0.3, 0.4) is 0 Å². The van der Waals surface area contributed by atoms with Crippen LogP contribution >= 0.6 is 0 Å². The lowest BCUT2D eigenvalue weighted by molar-refractivity contribution is 0.507. The Labute approximate surface area is 98.9 Å². The Hall–Kier alpha value is -1.69. The zero-order valence-electron chi connectivity index (χ0n) is 9.63. The molecule has 0 unspecified atom stereocenters. The van der Waals surface area contributed by atoms with Gasteiger partial charge in [0.2, 0.25) is 5.96 Å². The average Bonchev–Trinajstić information content (AvgIpc) is 2.34. The maximum Gasteiger partial charge on any atom is 0.206 e. The van der Waals surface area contributed by atoms with Gasteiger partial charge in [-0.05, 0) is 24.1 Å². The first-order chi connectivity index (χ1) is 8.17. The Morgan fingerprint density at radius 2 is 2.12 bits per heavy atom. The van der Waals surface area contributed by atoms with Crippen LogP contribution in [-0.2, 0) is 6.54 Å².